The van der Waals surface area contributed by atoms with Crippen molar-refractivity contribution in [2.45, 2.75) is 19.9 Å². The van der Waals surface area contributed by atoms with Crippen LogP contribution in [0.4, 0.5) is 4.39 Å². The normalized spacial score (nSPS) is 10.9. The molecular formula is C21H27BrFIN4O. The van der Waals surface area contributed by atoms with Gasteiger partial charge in [-0.15, -0.1) is 24.0 Å². The molecule has 2 rings (SSSR count). The Bertz CT molecular complexity index is 845. The van der Waals surface area contributed by atoms with E-state index in [-0.39, 0.29) is 35.7 Å². The number of hydrogen-bond donors (Lipinski definition) is 2. The number of benzene rings is 2. The Morgan fingerprint density at radius 3 is 2.55 bits per heavy atom. The summed E-state index contributed by atoms with van der Waals surface area (Å²) in [6, 6.07) is 12.6. The van der Waals surface area contributed by atoms with Crippen LogP contribution in [0.15, 0.2) is 51.9 Å². The molecule has 1 amide bonds. The van der Waals surface area contributed by atoms with E-state index in [4.69, 9.17) is 0 Å². The van der Waals surface area contributed by atoms with E-state index in [9.17, 15) is 9.18 Å². The van der Waals surface area contributed by atoms with Crippen LogP contribution in [-0.4, -0.2) is 44.0 Å². The lowest BCUT2D eigenvalue weighted by Gasteiger charge is -2.13. The molecule has 2 N–H and O–H groups in total. The first kappa shape index (κ1) is 25.4. The molecule has 0 bridgehead atoms. The van der Waals surface area contributed by atoms with Gasteiger partial charge in [-0.3, -0.25) is 4.79 Å². The van der Waals surface area contributed by atoms with Gasteiger partial charge in [-0.2, -0.15) is 0 Å². The van der Waals surface area contributed by atoms with E-state index in [2.05, 4.69) is 31.6 Å². The maximum absolute atomic E-state index is 13.6. The van der Waals surface area contributed by atoms with Crippen molar-refractivity contribution in [2.75, 3.05) is 27.2 Å². The lowest BCUT2D eigenvalue weighted by Crippen LogP contribution is -2.38. The van der Waals surface area contributed by atoms with Crippen LogP contribution in [0.3, 0.4) is 0 Å². The molecule has 0 saturated heterocycles. The molecule has 8 heteroatoms. The highest BCUT2D eigenvalue weighted by molar-refractivity contribution is 14.0. The average molecular weight is 577 g/mol. The summed E-state index contributed by atoms with van der Waals surface area (Å²) in [7, 11) is 3.49. The van der Waals surface area contributed by atoms with Gasteiger partial charge < -0.3 is 15.5 Å². The summed E-state index contributed by atoms with van der Waals surface area (Å²) in [5.74, 6) is 0.371. The standard InChI is InChI=1S/C21H26BrFN4O.HI/c1-4-24-21(26-14-16-8-9-18(22)19(23)13-16)25-11-10-15-6-5-7-17(12-15)20(28)27(2)3;/h5-9,12-13H,4,10-11,14H2,1-3H3,(H2,24,25,26);1H. The summed E-state index contributed by atoms with van der Waals surface area (Å²) >= 11 is 3.15. The van der Waals surface area contributed by atoms with Crippen molar-refractivity contribution >= 4 is 51.8 Å². The van der Waals surface area contributed by atoms with Crippen LogP contribution in [0.1, 0.15) is 28.4 Å². The van der Waals surface area contributed by atoms with E-state index < -0.39 is 0 Å². The number of carbonyl (C=O) groups excluding carboxylic acids is 1. The number of guanidine groups is 1. The number of nitrogens with one attached hydrogen (secondary N) is 2. The van der Waals surface area contributed by atoms with Crippen LogP contribution >= 0.6 is 39.9 Å². The lowest BCUT2D eigenvalue weighted by molar-refractivity contribution is 0.0827. The van der Waals surface area contributed by atoms with Gasteiger partial charge in [0.1, 0.15) is 5.82 Å². The monoisotopic (exact) mass is 576 g/mol. The molecule has 29 heavy (non-hydrogen) atoms. The molecule has 0 aliphatic carbocycles. The van der Waals surface area contributed by atoms with Gasteiger partial charge in [0, 0.05) is 32.7 Å². The molecule has 0 saturated carbocycles. The molecule has 0 aliphatic rings. The van der Waals surface area contributed by atoms with Gasteiger partial charge in [-0.1, -0.05) is 18.2 Å². The average Bonchev–Trinajstić information content (AvgIpc) is 2.68. The summed E-state index contributed by atoms with van der Waals surface area (Å²) in [6.45, 7) is 3.77. The van der Waals surface area contributed by atoms with E-state index in [1.165, 1.54) is 6.07 Å². The Morgan fingerprint density at radius 2 is 1.90 bits per heavy atom. The first-order valence-corrected chi connectivity index (χ1v) is 9.96. The molecule has 0 radical (unpaired) electrons. The largest absolute Gasteiger partial charge is 0.357 e. The molecule has 0 spiro atoms. The number of amides is 1. The number of nitrogens with zero attached hydrogens (tertiary/aromatic N) is 2. The minimum Gasteiger partial charge on any atom is -0.357 e. The third-order valence-corrected chi connectivity index (χ3v) is 4.68. The van der Waals surface area contributed by atoms with Crippen molar-refractivity contribution in [1.29, 1.82) is 0 Å². The van der Waals surface area contributed by atoms with Crippen LogP contribution in [-0.2, 0) is 13.0 Å². The minimum absolute atomic E-state index is 0. The summed E-state index contributed by atoms with van der Waals surface area (Å²) in [6.07, 6.45) is 0.756. The zero-order valence-corrected chi connectivity index (χ0v) is 20.8. The van der Waals surface area contributed by atoms with Crippen molar-refractivity contribution in [3.63, 3.8) is 0 Å². The quantitative estimate of drug-likeness (QED) is 0.295. The molecule has 0 aromatic heterocycles. The molecule has 0 fully saturated rings. The van der Waals surface area contributed by atoms with Gasteiger partial charge in [0.15, 0.2) is 5.96 Å². The molecule has 0 unspecified atom stereocenters. The number of aliphatic imine (C=N–C) groups is 1. The zero-order chi connectivity index (χ0) is 20.5. The summed E-state index contributed by atoms with van der Waals surface area (Å²) < 4.78 is 14.1. The lowest BCUT2D eigenvalue weighted by atomic mass is 10.1. The molecule has 2 aromatic rings. The van der Waals surface area contributed by atoms with E-state index in [1.807, 2.05) is 37.3 Å². The molecule has 5 nitrogen and oxygen atoms in total. The first-order valence-electron chi connectivity index (χ1n) is 9.17. The zero-order valence-electron chi connectivity index (χ0n) is 16.8. The van der Waals surface area contributed by atoms with Crippen LogP contribution in [0.25, 0.3) is 0 Å². The number of halogens is 3. The van der Waals surface area contributed by atoms with Gasteiger partial charge in [-0.05, 0) is 64.7 Å². The van der Waals surface area contributed by atoms with Crippen molar-refractivity contribution in [1.82, 2.24) is 15.5 Å². The Kier molecular flexibility index (Phi) is 11.2. The van der Waals surface area contributed by atoms with E-state index in [0.29, 0.717) is 29.1 Å². The van der Waals surface area contributed by atoms with Crippen molar-refractivity contribution in [2.24, 2.45) is 4.99 Å². The van der Waals surface area contributed by atoms with Gasteiger partial charge in [0.25, 0.3) is 5.91 Å². The molecule has 0 aliphatic heterocycles. The van der Waals surface area contributed by atoms with Crippen LogP contribution in [0, 0.1) is 5.82 Å². The van der Waals surface area contributed by atoms with Crippen molar-refractivity contribution < 1.29 is 9.18 Å². The number of hydrogen-bond acceptors (Lipinski definition) is 2. The van der Waals surface area contributed by atoms with Gasteiger partial charge >= 0.3 is 0 Å². The van der Waals surface area contributed by atoms with Gasteiger partial charge in [0.05, 0.1) is 11.0 Å². The van der Waals surface area contributed by atoms with Gasteiger partial charge in [0.2, 0.25) is 0 Å². The fourth-order valence-electron chi connectivity index (χ4n) is 2.59. The summed E-state index contributed by atoms with van der Waals surface area (Å²) in [5, 5.41) is 6.46. The molecule has 0 heterocycles. The highest BCUT2D eigenvalue weighted by atomic mass is 127. The second-order valence-electron chi connectivity index (χ2n) is 6.52. The Morgan fingerprint density at radius 1 is 1.14 bits per heavy atom. The summed E-state index contributed by atoms with van der Waals surface area (Å²) in [5.41, 5.74) is 2.55. The van der Waals surface area contributed by atoms with Crippen LogP contribution in [0.5, 0.6) is 0 Å². The summed E-state index contributed by atoms with van der Waals surface area (Å²) in [4.78, 5) is 18.2. The Labute approximate surface area is 197 Å². The Hall–Kier alpha value is -1.68. The predicted octanol–water partition coefficient (Wildman–Crippen LogP) is 4.21. The Balaban J connectivity index is 0.00000420. The second-order valence-corrected chi connectivity index (χ2v) is 7.37. The molecule has 2 aromatic carbocycles. The molecular weight excluding hydrogens is 550 g/mol. The van der Waals surface area contributed by atoms with E-state index in [1.54, 1.807) is 25.1 Å². The van der Waals surface area contributed by atoms with E-state index in [0.717, 1.165) is 24.1 Å². The topological polar surface area (TPSA) is 56.7 Å². The number of rotatable bonds is 7. The number of carbonyl (C=O) groups is 1. The molecule has 158 valence electrons. The maximum atomic E-state index is 13.6. The fraction of sp³-hybridized carbons (Fsp3) is 0.333. The van der Waals surface area contributed by atoms with Crippen molar-refractivity contribution in [3.05, 3.63) is 69.4 Å². The second kappa shape index (κ2) is 12.8. The first-order chi connectivity index (χ1) is 13.4. The van der Waals surface area contributed by atoms with Crippen LogP contribution in [0.2, 0.25) is 0 Å². The highest BCUT2D eigenvalue weighted by Crippen LogP contribution is 2.16. The SMILES string of the molecule is CCNC(=NCc1ccc(Br)c(F)c1)NCCc1cccc(C(=O)N(C)C)c1.I. The maximum Gasteiger partial charge on any atom is 0.253 e. The smallest absolute Gasteiger partial charge is 0.253 e. The third-order valence-electron chi connectivity index (χ3n) is 4.03. The van der Waals surface area contributed by atoms with E-state index >= 15 is 0 Å². The third kappa shape index (κ3) is 8.30. The molecule has 0 atom stereocenters. The minimum atomic E-state index is -0.294. The highest BCUT2D eigenvalue weighted by Gasteiger charge is 2.08. The fourth-order valence-corrected chi connectivity index (χ4v) is 2.84. The van der Waals surface area contributed by atoms with Crippen molar-refractivity contribution in [3.8, 4) is 0 Å². The predicted molar refractivity (Wildman–Crippen MR) is 130 cm³/mol. The van der Waals surface area contributed by atoms with Gasteiger partial charge in [-0.25, -0.2) is 9.38 Å². The van der Waals surface area contributed by atoms with Crippen LogP contribution < -0.4 is 10.6 Å².